The average Bonchev–Trinajstić information content (AvgIpc) is 2.58. The zero-order valence-corrected chi connectivity index (χ0v) is 17.3. The lowest BCUT2D eigenvalue weighted by atomic mass is 10.1. The summed E-state index contributed by atoms with van der Waals surface area (Å²) in [6.07, 6.45) is 1.43. The summed E-state index contributed by atoms with van der Waals surface area (Å²) in [6, 6.07) is 12.4. The van der Waals surface area contributed by atoms with Gasteiger partial charge in [-0.1, -0.05) is 12.1 Å². The molecule has 0 aromatic heterocycles. The van der Waals surface area contributed by atoms with Crippen LogP contribution in [0.15, 0.2) is 50.9 Å². The molecular weight excluding hydrogens is 480 g/mol. The molecule has 2 aromatic carbocycles. The van der Waals surface area contributed by atoms with Crippen molar-refractivity contribution >= 4 is 55.5 Å². The van der Waals surface area contributed by atoms with E-state index in [2.05, 4.69) is 37.2 Å². The van der Waals surface area contributed by atoms with Gasteiger partial charge in [0, 0.05) is 5.69 Å². The zero-order chi connectivity index (χ0) is 20.0. The summed E-state index contributed by atoms with van der Waals surface area (Å²) in [6.45, 7) is 1.41. The third-order valence-electron chi connectivity index (χ3n) is 3.31. The highest BCUT2D eigenvalue weighted by Gasteiger charge is 2.13. The van der Waals surface area contributed by atoms with Gasteiger partial charge in [-0.15, -0.1) is 0 Å². The van der Waals surface area contributed by atoms with Gasteiger partial charge in [-0.3, -0.25) is 4.79 Å². The summed E-state index contributed by atoms with van der Waals surface area (Å²) < 4.78 is 6.17. The van der Waals surface area contributed by atoms with Crippen LogP contribution < -0.4 is 10.1 Å². The second kappa shape index (κ2) is 9.35. The summed E-state index contributed by atoms with van der Waals surface area (Å²) >= 11 is 6.60. The molecule has 0 unspecified atom stereocenters. The Hall–Kier alpha value is -2.63. The minimum Gasteiger partial charge on any atom is -0.480 e. The van der Waals surface area contributed by atoms with Crippen LogP contribution in [0.1, 0.15) is 11.1 Å². The Morgan fingerprint density at radius 1 is 1.26 bits per heavy atom. The fraction of sp³-hybridized carbons (Fsp3) is 0.105. The van der Waals surface area contributed by atoms with Gasteiger partial charge in [0.1, 0.15) is 17.4 Å². The number of aryl methyl sites for hydroxylation is 1. The number of nitrogens with zero attached hydrogens (tertiary/aromatic N) is 1. The standard InChI is InChI=1S/C19H14Br2N2O4/c1-11-3-2-4-14(5-11)23-19(26)13(9-22)6-12-7-15(20)18(16(21)8-12)27-10-17(24)25/h2-8H,10H2,1H3,(H,23,26)(H,24,25)/b13-6-. The Morgan fingerprint density at radius 3 is 2.48 bits per heavy atom. The molecule has 2 aromatic rings. The van der Waals surface area contributed by atoms with Crippen LogP contribution in [0.4, 0.5) is 5.69 Å². The zero-order valence-electron chi connectivity index (χ0n) is 14.1. The maximum Gasteiger partial charge on any atom is 0.341 e. The molecule has 0 radical (unpaired) electrons. The fourth-order valence-corrected chi connectivity index (χ4v) is 3.62. The second-order valence-corrected chi connectivity index (χ2v) is 7.20. The molecule has 2 N–H and O–H groups in total. The molecule has 8 heteroatoms. The van der Waals surface area contributed by atoms with E-state index in [1.54, 1.807) is 24.3 Å². The van der Waals surface area contributed by atoms with E-state index in [-0.39, 0.29) is 5.57 Å². The molecule has 2 rings (SSSR count). The lowest BCUT2D eigenvalue weighted by Gasteiger charge is -2.10. The highest BCUT2D eigenvalue weighted by molar-refractivity contribution is 9.11. The second-order valence-electron chi connectivity index (χ2n) is 5.49. The van der Waals surface area contributed by atoms with Crippen LogP contribution in [0.2, 0.25) is 0 Å². The highest BCUT2D eigenvalue weighted by Crippen LogP contribution is 2.35. The number of ether oxygens (including phenoxy) is 1. The number of nitriles is 1. The van der Waals surface area contributed by atoms with Gasteiger partial charge in [0.15, 0.2) is 6.61 Å². The predicted molar refractivity (Wildman–Crippen MR) is 108 cm³/mol. The van der Waals surface area contributed by atoms with Crippen molar-refractivity contribution in [2.24, 2.45) is 0 Å². The van der Waals surface area contributed by atoms with Crippen molar-refractivity contribution in [1.29, 1.82) is 5.26 Å². The third kappa shape index (κ3) is 5.94. The number of carbonyl (C=O) groups excluding carboxylic acids is 1. The fourth-order valence-electron chi connectivity index (χ4n) is 2.17. The van der Waals surface area contributed by atoms with Crippen molar-refractivity contribution in [3.05, 3.63) is 62.0 Å². The topological polar surface area (TPSA) is 99.4 Å². The summed E-state index contributed by atoms with van der Waals surface area (Å²) in [7, 11) is 0. The number of hydrogen-bond acceptors (Lipinski definition) is 4. The molecule has 0 atom stereocenters. The molecular formula is C19H14Br2N2O4. The molecule has 0 heterocycles. The SMILES string of the molecule is Cc1cccc(NC(=O)/C(C#N)=C\c2cc(Br)c(OCC(=O)O)c(Br)c2)c1. The number of carboxylic acid groups (broad SMARTS) is 1. The van der Waals surface area contributed by atoms with Gasteiger partial charge in [0.2, 0.25) is 0 Å². The van der Waals surface area contributed by atoms with E-state index < -0.39 is 18.5 Å². The monoisotopic (exact) mass is 492 g/mol. The number of benzene rings is 2. The first kappa shape index (κ1) is 20.7. The van der Waals surface area contributed by atoms with E-state index in [1.807, 2.05) is 25.1 Å². The maximum atomic E-state index is 12.4. The molecule has 0 aliphatic heterocycles. The first-order valence-corrected chi connectivity index (χ1v) is 9.22. The minimum atomic E-state index is -1.10. The van der Waals surface area contributed by atoms with Gasteiger partial charge in [0.25, 0.3) is 5.91 Å². The largest absolute Gasteiger partial charge is 0.480 e. The minimum absolute atomic E-state index is 0.0745. The van der Waals surface area contributed by atoms with Gasteiger partial charge >= 0.3 is 5.97 Å². The van der Waals surface area contributed by atoms with Crippen LogP contribution >= 0.6 is 31.9 Å². The molecule has 27 heavy (non-hydrogen) atoms. The van der Waals surface area contributed by atoms with Crippen molar-refractivity contribution in [2.45, 2.75) is 6.92 Å². The first-order chi connectivity index (χ1) is 12.8. The van der Waals surface area contributed by atoms with Crippen LogP contribution in [0.5, 0.6) is 5.75 Å². The molecule has 6 nitrogen and oxygen atoms in total. The Bertz CT molecular complexity index is 941. The molecule has 0 fully saturated rings. The smallest absolute Gasteiger partial charge is 0.341 e. The number of amides is 1. The highest BCUT2D eigenvalue weighted by atomic mass is 79.9. The number of hydrogen-bond donors (Lipinski definition) is 2. The summed E-state index contributed by atoms with van der Waals surface area (Å²) in [5.74, 6) is -1.31. The third-order valence-corrected chi connectivity index (χ3v) is 4.49. The Balaban J connectivity index is 2.25. The maximum absolute atomic E-state index is 12.4. The van der Waals surface area contributed by atoms with Crippen LogP contribution in [0.3, 0.4) is 0 Å². The van der Waals surface area contributed by atoms with Crippen LogP contribution in [0, 0.1) is 18.3 Å². The van der Waals surface area contributed by atoms with Gasteiger partial charge in [0.05, 0.1) is 8.95 Å². The van der Waals surface area contributed by atoms with Crippen molar-refractivity contribution in [3.63, 3.8) is 0 Å². The van der Waals surface area contributed by atoms with E-state index in [4.69, 9.17) is 9.84 Å². The number of rotatable bonds is 6. The first-order valence-electron chi connectivity index (χ1n) is 7.63. The molecule has 0 spiro atoms. The molecule has 0 aliphatic rings. The van der Waals surface area contributed by atoms with Gasteiger partial charge in [-0.2, -0.15) is 5.26 Å². The van der Waals surface area contributed by atoms with E-state index in [1.165, 1.54) is 6.08 Å². The molecule has 0 saturated heterocycles. The quantitative estimate of drug-likeness (QED) is 0.455. The Morgan fingerprint density at radius 2 is 1.93 bits per heavy atom. The van der Waals surface area contributed by atoms with Crippen LogP contribution in [0.25, 0.3) is 6.08 Å². The molecule has 138 valence electrons. The lowest BCUT2D eigenvalue weighted by molar-refractivity contribution is -0.139. The van der Waals surface area contributed by atoms with Crippen molar-refractivity contribution in [2.75, 3.05) is 11.9 Å². The van der Waals surface area contributed by atoms with Crippen molar-refractivity contribution in [1.82, 2.24) is 0 Å². The van der Waals surface area contributed by atoms with E-state index in [9.17, 15) is 14.9 Å². The van der Waals surface area contributed by atoms with Crippen LogP contribution in [-0.2, 0) is 9.59 Å². The van der Waals surface area contributed by atoms with Crippen molar-refractivity contribution in [3.8, 4) is 11.8 Å². The lowest BCUT2D eigenvalue weighted by Crippen LogP contribution is -2.13. The van der Waals surface area contributed by atoms with E-state index >= 15 is 0 Å². The summed E-state index contributed by atoms with van der Waals surface area (Å²) in [5.41, 5.74) is 2.07. The molecule has 0 aliphatic carbocycles. The molecule has 0 saturated carbocycles. The van der Waals surface area contributed by atoms with Gasteiger partial charge in [-0.05, 0) is 80.3 Å². The average molecular weight is 494 g/mol. The number of halogens is 2. The van der Waals surface area contributed by atoms with Gasteiger partial charge < -0.3 is 15.2 Å². The van der Waals surface area contributed by atoms with Crippen molar-refractivity contribution < 1.29 is 19.4 Å². The Kier molecular flexibility index (Phi) is 7.16. The number of anilines is 1. The summed E-state index contributed by atoms with van der Waals surface area (Å²) in [5, 5.41) is 20.7. The number of nitrogens with one attached hydrogen (secondary N) is 1. The summed E-state index contributed by atoms with van der Waals surface area (Å²) in [4.78, 5) is 23.0. The number of carboxylic acids is 1. The van der Waals surface area contributed by atoms with Crippen LogP contribution in [-0.4, -0.2) is 23.6 Å². The normalized spacial score (nSPS) is 10.8. The number of aliphatic carboxylic acids is 1. The van der Waals surface area contributed by atoms with E-state index in [0.29, 0.717) is 25.9 Å². The predicted octanol–water partition coefficient (Wildman–Crippen LogP) is 4.53. The van der Waals surface area contributed by atoms with Gasteiger partial charge in [-0.25, -0.2) is 4.79 Å². The molecule has 1 amide bonds. The molecule has 0 bridgehead atoms. The Labute approximate surface area is 172 Å². The van der Waals surface area contributed by atoms with E-state index in [0.717, 1.165) is 5.56 Å². The number of carbonyl (C=O) groups is 2.